The highest BCUT2D eigenvalue weighted by Gasteiger charge is 2.51. The van der Waals surface area contributed by atoms with Crippen LogP contribution in [0.15, 0.2) is 36.5 Å². The van der Waals surface area contributed by atoms with Crippen molar-refractivity contribution in [1.29, 1.82) is 0 Å². The van der Waals surface area contributed by atoms with Crippen LogP contribution in [0, 0.1) is 0 Å². The van der Waals surface area contributed by atoms with Crippen molar-refractivity contribution in [3.63, 3.8) is 0 Å². The summed E-state index contributed by atoms with van der Waals surface area (Å²) in [7, 11) is 0. The van der Waals surface area contributed by atoms with Crippen molar-refractivity contribution >= 4 is 17.9 Å². The van der Waals surface area contributed by atoms with E-state index in [-0.39, 0.29) is 31.1 Å². The molecular weight excluding hydrogens is 476 g/mol. The Morgan fingerprint density at radius 2 is 1.86 bits per heavy atom. The molecule has 3 amide bonds. The van der Waals surface area contributed by atoms with Crippen molar-refractivity contribution in [3.8, 4) is 17.0 Å². The smallest absolute Gasteiger partial charge is 0.410 e. The fourth-order valence-electron chi connectivity index (χ4n) is 4.75. The van der Waals surface area contributed by atoms with Crippen molar-refractivity contribution in [1.82, 2.24) is 20.5 Å². The summed E-state index contributed by atoms with van der Waals surface area (Å²) in [6, 6.07) is 8.53. The second kappa shape index (κ2) is 10.4. The van der Waals surface area contributed by atoms with Gasteiger partial charge in [-0.25, -0.2) is 4.79 Å². The van der Waals surface area contributed by atoms with E-state index < -0.39 is 17.2 Å². The van der Waals surface area contributed by atoms with Crippen LogP contribution in [0.2, 0.25) is 0 Å². The predicted molar refractivity (Wildman–Crippen MR) is 136 cm³/mol. The molecule has 4 rings (SSSR count). The fourth-order valence-corrected chi connectivity index (χ4v) is 4.75. The first kappa shape index (κ1) is 26.4. The largest absolute Gasteiger partial charge is 0.483 e. The number of nitrogens with zero attached hydrogens (tertiary/aromatic N) is 2. The second-order valence-electron chi connectivity index (χ2n) is 10.4. The lowest BCUT2D eigenvalue weighted by Crippen LogP contribution is -2.54. The van der Waals surface area contributed by atoms with E-state index >= 15 is 0 Å². The Hall–Kier alpha value is -3.66. The summed E-state index contributed by atoms with van der Waals surface area (Å²) in [5, 5.41) is 14.6. The average Bonchev–Trinajstić information content (AvgIpc) is 3.13. The summed E-state index contributed by atoms with van der Waals surface area (Å²) in [5.41, 5.74) is 1.53. The van der Waals surface area contributed by atoms with Crippen LogP contribution in [-0.4, -0.2) is 70.3 Å². The Bertz CT molecular complexity index is 1170. The number of hydrogen-bond donors (Lipinski definition) is 3. The highest BCUT2D eigenvalue weighted by molar-refractivity contribution is 5.94. The van der Waals surface area contributed by atoms with Gasteiger partial charge in [0.2, 0.25) is 5.91 Å². The summed E-state index contributed by atoms with van der Waals surface area (Å²) in [4.78, 5) is 43.1. The van der Waals surface area contributed by atoms with E-state index in [4.69, 9.17) is 14.6 Å². The van der Waals surface area contributed by atoms with E-state index in [9.17, 15) is 14.4 Å². The van der Waals surface area contributed by atoms with Crippen LogP contribution < -0.4 is 15.4 Å². The molecule has 0 aliphatic carbocycles. The third-order valence-electron chi connectivity index (χ3n) is 6.50. The van der Waals surface area contributed by atoms with Gasteiger partial charge in [-0.3, -0.25) is 14.6 Å². The van der Waals surface area contributed by atoms with Gasteiger partial charge in [0.05, 0.1) is 24.5 Å². The number of amides is 3. The van der Waals surface area contributed by atoms with E-state index in [0.29, 0.717) is 42.9 Å². The van der Waals surface area contributed by atoms with Gasteiger partial charge >= 0.3 is 6.09 Å². The minimum Gasteiger partial charge on any atom is -0.483 e. The summed E-state index contributed by atoms with van der Waals surface area (Å²) >= 11 is 0. The molecule has 1 fully saturated rings. The topological polar surface area (TPSA) is 130 Å². The summed E-state index contributed by atoms with van der Waals surface area (Å²) < 4.78 is 11.9. The van der Waals surface area contributed by atoms with Gasteiger partial charge in [-0.05, 0) is 39.0 Å². The van der Waals surface area contributed by atoms with Crippen molar-refractivity contribution in [2.75, 3.05) is 26.2 Å². The molecule has 1 atom stereocenters. The van der Waals surface area contributed by atoms with E-state index in [0.717, 1.165) is 11.1 Å². The van der Waals surface area contributed by atoms with Crippen LogP contribution in [-0.2, 0) is 9.53 Å². The number of benzene rings is 1. The van der Waals surface area contributed by atoms with Gasteiger partial charge in [0, 0.05) is 56.1 Å². The maximum Gasteiger partial charge on any atom is 0.410 e. The van der Waals surface area contributed by atoms with Gasteiger partial charge in [-0.1, -0.05) is 12.1 Å². The number of carbonyl (C=O) groups is 3. The molecule has 1 aromatic heterocycles. The quantitative estimate of drug-likeness (QED) is 0.564. The average molecular weight is 511 g/mol. The molecule has 2 aliphatic heterocycles. The minimum atomic E-state index is -0.693. The van der Waals surface area contributed by atoms with Gasteiger partial charge in [0.15, 0.2) is 0 Å². The van der Waals surface area contributed by atoms with Crippen molar-refractivity contribution in [3.05, 3.63) is 47.7 Å². The zero-order valence-corrected chi connectivity index (χ0v) is 21.7. The zero-order valence-electron chi connectivity index (χ0n) is 21.7. The molecule has 0 radical (unpaired) electrons. The summed E-state index contributed by atoms with van der Waals surface area (Å²) in [6.07, 6.45) is 2.36. The summed E-state index contributed by atoms with van der Waals surface area (Å²) in [5.74, 6) is 0.168. The Labute approximate surface area is 216 Å². The molecule has 1 saturated heterocycles. The number of nitrogens with one attached hydrogen (secondary N) is 2. The molecule has 10 nitrogen and oxygen atoms in total. The van der Waals surface area contributed by atoms with E-state index in [1.165, 1.54) is 6.92 Å². The van der Waals surface area contributed by atoms with Crippen molar-refractivity contribution in [2.45, 2.75) is 57.8 Å². The number of piperidine rings is 1. The Kier molecular flexibility index (Phi) is 7.40. The molecule has 2 aromatic rings. The molecule has 1 aromatic carbocycles. The number of likely N-dealkylation sites (tertiary alicyclic amines) is 1. The van der Waals surface area contributed by atoms with Crippen LogP contribution in [0.25, 0.3) is 11.3 Å². The normalized spacial score (nSPS) is 18.1. The third-order valence-corrected chi connectivity index (χ3v) is 6.50. The van der Waals surface area contributed by atoms with Gasteiger partial charge in [-0.15, -0.1) is 0 Å². The third kappa shape index (κ3) is 5.85. The lowest BCUT2D eigenvalue weighted by atomic mass is 9.82. The number of pyridine rings is 1. The monoisotopic (exact) mass is 510 g/mol. The van der Waals surface area contributed by atoms with E-state index in [1.807, 2.05) is 26.8 Å². The molecule has 37 heavy (non-hydrogen) atoms. The van der Waals surface area contributed by atoms with Crippen molar-refractivity contribution in [2.24, 2.45) is 0 Å². The Morgan fingerprint density at radius 1 is 1.19 bits per heavy atom. The molecule has 1 unspecified atom stereocenters. The molecule has 10 heteroatoms. The molecule has 0 bridgehead atoms. The lowest BCUT2D eigenvalue weighted by Gasteiger charge is -2.42. The highest BCUT2D eigenvalue weighted by atomic mass is 16.6. The number of rotatable bonds is 5. The number of aliphatic hydroxyl groups excluding tert-OH is 1. The summed E-state index contributed by atoms with van der Waals surface area (Å²) in [6.45, 7) is 7.94. The number of aromatic nitrogens is 1. The number of fused-ring (bicyclic) bond motifs is 1. The standard InChI is InChI=1S/C27H34N4O6/c1-17(33)30-23-20-15-21(18-5-7-19(8-6-18)24(34)28-11-14-32)29-16-22(20)36-27(23)9-12-31(13-10-27)25(35)37-26(2,3)4/h5-8,15-16,23,32H,9-14H2,1-4H3,(H,28,34)(H,30,33). The first-order valence-corrected chi connectivity index (χ1v) is 12.4. The zero-order chi connectivity index (χ0) is 26.8. The molecule has 1 spiro atoms. The van der Waals surface area contributed by atoms with Crippen LogP contribution in [0.5, 0.6) is 5.75 Å². The van der Waals surface area contributed by atoms with Gasteiger partial charge in [0.1, 0.15) is 17.0 Å². The fraction of sp³-hybridized carbons (Fsp3) is 0.481. The first-order chi connectivity index (χ1) is 17.5. The molecule has 0 saturated carbocycles. The lowest BCUT2D eigenvalue weighted by molar-refractivity contribution is -0.121. The second-order valence-corrected chi connectivity index (χ2v) is 10.4. The molecule has 2 aliphatic rings. The minimum absolute atomic E-state index is 0.124. The van der Waals surface area contributed by atoms with Crippen LogP contribution in [0.3, 0.4) is 0 Å². The highest BCUT2D eigenvalue weighted by Crippen LogP contribution is 2.49. The maximum atomic E-state index is 12.6. The number of hydrogen-bond acceptors (Lipinski definition) is 7. The first-order valence-electron chi connectivity index (χ1n) is 12.4. The molecular formula is C27H34N4O6. The number of ether oxygens (including phenoxy) is 2. The predicted octanol–water partition coefficient (Wildman–Crippen LogP) is 2.81. The van der Waals surface area contributed by atoms with Crippen LogP contribution in [0.1, 0.15) is 62.5 Å². The van der Waals surface area contributed by atoms with Gasteiger partial charge < -0.3 is 30.1 Å². The molecule has 198 valence electrons. The van der Waals surface area contributed by atoms with E-state index in [2.05, 4.69) is 15.6 Å². The van der Waals surface area contributed by atoms with Crippen LogP contribution >= 0.6 is 0 Å². The van der Waals surface area contributed by atoms with Crippen LogP contribution in [0.4, 0.5) is 4.79 Å². The number of aliphatic hydroxyl groups is 1. The maximum absolute atomic E-state index is 12.6. The SMILES string of the molecule is CC(=O)NC1c2cc(-c3ccc(C(=O)NCCO)cc3)ncc2OC12CCN(C(=O)OC(C)(C)C)CC2. The van der Waals surface area contributed by atoms with E-state index in [1.54, 1.807) is 35.4 Å². The van der Waals surface area contributed by atoms with Gasteiger partial charge in [-0.2, -0.15) is 0 Å². The Balaban J connectivity index is 1.54. The Morgan fingerprint density at radius 3 is 2.46 bits per heavy atom. The number of carbonyl (C=O) groups excluding carboxylic acids is 3. The van der Waals surface area contributed by atoms with Crippen molar-refractivity contribution < 1.29 is 29.0 Å². The molecule has 3 heterocycles. The molecule has 3 N–H and O–H groups in total. The van der Waals surface area contributed by atoms with Gasteiger partial charge in [0.25, 0.3) is 5.91 Å².